The molecule has 0 aromatic heterocycles. The van der Waals surface area contributed by atoms with Crippen molar-refractivity contribution in [1.82, 2.24) is 0 Å². The van der Waals surface area contributed by atoms with Crippen LogP contribution in [0.15, 0.2) is 24.3 Å². The first-order chi connectivity index (χ1) is 7.78. The van der Waals surface area contributed by atoms with Gasteiger partial charge in [-0.2, -0.15) is 0 Å². The van der Waals surface area contributed by atoms with Crippen molar-refractivity contribution in [2.24, 2.45) is 0 Å². The maximum atomic E-state index is 8.35. The van der Waals surface area contributed by atoms with Crippen molar-refractivity contribution in [3.05, 3.63) is 29.8 Å². The second-order valence-electron chi connectivity index (χ2n) is 2.57. The highest BCUT2D eigenvalue weighted by atomic mass is 17.1. The number of isocyanates is 1. The maximum Gasteiger partial charge on any atom is 0.231 e. The first-order valence-corrected chi connectivity index (χ1v) is 4.29. The minimum Gasteiger partial charge on any atom is -0.468 e. The monoisotopic (exact) mass is 227 g/mol. The number of methoxy groups -OCH3 is 1. The molecule has 0 aliphatic rings. The Bertz CT molecular complexity index is 305. The lowest BCUT2D eigenvalue weighted by atomic mass is 10.2. The molecule has 16 heavy (non-hydrogen) atoms. The van der Waals surface area contributed by atoms with Gasteiger partial charge in [-0.15, -0.1) is 0 Å². The van der Waals surface area contributed by atoms with Crippen molar-refractivity contribution in [2.45, 2.75) is 6.61 Å². The van der Waals surface area contributed by atoms with E-state index in [9.17, 15) is 0 Å². The van der Waals surface area contributed by atoms with Gasteiger partial charge in [-0.1, -0.05) is 12.1 Å². The summed E-state index contributed by atoms with van der Waals surface area (Å²) in [5.41, 5.74) is 0.882. The van der Waals surface area contributed by atoms with Crippen molar-refractivity contribution in [2.75, 3.05) is 13.9 Å². The van der Waals surface area contributed by atoms with Crippen molar-refractivity contribution in [3.8, 4) is 5.75 Å². The average molecular weight is 227 g/mol. The van der Waals surface area contributed by atoms with E-state index >= 15 is 0 Å². The van der Waals surface area contributed by atoms with E-state index in [4.69, 9.17) is 24.9 Å². The van der Waals surface area contributed by atoms with E-state index in [0.717, 1.165) is 17.4 Å². The second-order valence-corrected chi connectivity index (χ2v) is 2.57. The van der Waals surface area contributed by atoms with Gasteiger partial charge in [-0.3, -0.25) is 5.26 Å². The molecule has 0 saturated heterocycles. The van der Waals surface area contributed by atoms with E-state index in [2.05, 4.69) is 4.89 Å². The number of ether oxygens (including phenoxy) is 2. The molecule has 1 rings (SSSR count). The predicted molar refractivity (Wildman–Crippen MR) is 54.8 cm³/mol. The van der Waals surface area contributed by atoms with Crippen molar-refractivity contribution in [1.29, 1.82) is 5.41 Å². The zero-order valence-corrected chi connectivity index (χ0v) is 8.80. The summed E-state index contributed by atoms with van der Waals surface area (Å²) in [5.74, 6) is 0.725. The molecule has 0 atom stereocenters. The molecule has 0 saturated carbocycles. The van der Waals surface area contributed by atoms with Gasteiger partial charge in [0.05, 0.1) is 0 Å². The molecule has 6 heteroatoms. The van der Waals surface area contributed by atoms with Gasteiger partial charge < -0.3 is 9.47 Å². The highest BCUT2D eigenvalue weighted by Gasteiger charge is 1.94. The summed E-state index contributed by atoms with van der Waals surface area (Å²) >= 11 is 0. The van der Waals surface area contributed by atoms with E-state index in [0.29, 0.717) is 0 Å². The van der Waals surface area contributed by atoms with Crippen LogP contribution in [0.2, 0.25) is 0 Å². The van der Waals surface area contributed by atoms with Crippen LogP contribution in [0.5, 0.6) is 5.75 Å². The number of carbonyl (C=O) groups excluding carboxylic acids is 1. The van der Waals surface area contributed by atoms with Crippen molar-refractivity contribution < 1.29 is 24.4 Å². The lowest BCUT2D eigenvalue weighted by Gasteiger charge is -2.04. The van der Waals surface area contributed by atoms with E-state index < -0.39 is 0 Å². The average Bonchev–Trinajstić information content (AvgIpc) is 2.30. The lowest BCUT2D eigenvalue weighted by Crippen LogP contribution is -1.98. The van der Waals surface area contributed by atoms with Gasteiger partial charge in [0.2, 0.25) is 6.08 Å². The highest BCUT2D eigenvalue weighted by Crippen LogP contribution is 2.12. The smallest absolute Gasteiger partial charge is 0.231 e. The first kappa shape index (κ1) is 14.3. The minimum atomic E-state index is 0.185. The summed E-state index contributed by atoms with van der Waals surface area (Å²) in [7, 11) is 1.56. The SMILES string of the molecule is COCOc1ccc(COO)cc1.N=C=O. The van der Waals surface area contributed by atoms with Crippen LogP contribution in [0.1, 0.15) is 5.56 Å². The lowest BCUT2D eigenvalue weighted by molar-refractivity contribution is -0.253. The van der Waals surface area contributed by atoms with Gasteiger partial charge in [0, 0.05) is 7.11 Å². The summed E-state index contributed by atoms with van der Waals surface area (Å²) in [6, 6.07) is 7.18. The Balaban J connectivity index is 0.000000673. The van der Waals surface area contributed by atoms with Gasteiger partial charge in [0.15, 0.2) is 6.79 Å². The number of benzene rings is 1. The minimum absolute atomic E-state index is 0.185. The molecular formula is C10H13NO5. The molecular weight excluding hydrogens is 214 g/mol. The van der Waals surface area contributed by atoms with Crippen LogP contribution in [0, 0.1) is 5.41 Å². The Morgan fingerprint density at radius 3 is 2.38 bits per heavy atom. The Labute approximate surface area is 92.8 Å². The molecule has 6 nitrogen and oxygen atoms in total. The van der Waals surface area contributed by atoms with Gasteiger partial charge in [0.1, 0.15) is 12.4 Å². The van der Waals surface area contributed by atoms with Crippen LogP contribution >= 0.6 is 0 Å². The normalized spacial score (nSPS) is 8.62. The molecule has 0 aliphatic carbocycles. The topological polar surface area (TPSA) is 88.8 Å². The Kier molecular flexibility index (Phi) is 8.76. The fraction of sp³-hybridized carbons (Fsp3) is 0.300. The van der Waals surface area contributed by atoms with E-state index in [1.807, 2.05) is 0 Å². The zero-order valence-electron chi connectivity index (χ0n) is 8.80. The molecule has 0 heterocycles. The van der Waals surface area contributed by atoms with Crippen molar-refractivity contribution in [3.63, 3.8) is 0 Å². The maximum absolute atomic E-state index is 8.35. The summed E-state index contributed by atoms with van der Waals surface area (Å²) in [4.78, 5) is 12.3. The number of rotatable bonds is 5. The van der Waals surface area contributed by atoms with E-state index in [-0.39, 0.29) is 13.4 Å². The molecule has 0 amide bonds. The van der Waals surface area contributed by atoms with Crippen LogP contribution < -0.4 is 4.74 Å². The summed E-state index contributed by atoms with van der Waals surface area (Å²) in [5, 5.41) is 13.6. The Morgan fingerprint density at radius 2 is 1.94 bits per heavy atom. The molecule has 0 radical (unpaired) electrons. The predicted octanol–water partition coefficient (Wildman–Crippen LogP) is 1.56. The summed E-state index contributed by atoms with van der Waals surface area (Å²) < 4.78 is 9.90. The standard InChI is InChI=1S/C9H12O4.CHNO/c1-11-7-12-9-4-2-8(3-5-9)6-13-10;2-1-3/h2-5,10H,6-7H2,1H3;2H. The fourth-order valence-corrected chi connectivity index (χ4v) is 0.883. The van der Waals surface area contributed by atoms with Crippen LogP contribution in [0.3, 0.4) is 0 Å². The Hall–Kier alpha value is -1.72. The molecule has 88 valence electrons. The molecule has 1 aromatic rings. The molecule has 2 N–H and O–H groups in total. The summed E-state index contributed by atoms with van der Waals surface area (Å²) in [6.07, 6.45) is 0.750. The Morgan fingerprint density at radius 1 is 1.38 bits per heavy atom. The fourth-order valence-electron chi connectivity index (χ4n) is 0.883. The number of nitrogens with one attached hydrogen (secondary N) is 1. The van der Waals surface area contributed by atoms with Crippen LogP contribution in [0.25, 0.3) is 0 Å². The molecule has 0 bridgehead atoms. The highest BCUT2D eigenvalue weighted by molar-refractivity contribution is 5.26. The van der Waals surface area contributed by atoms with E-state index in [1.165, 1.54) is 0 Å². The van der Waals surface area contributed by atoms with Crippen molar-refractivity contribution >= 4 is 6.08 Å². The van der Waals surface area contributed by atoms with Gasteiger partial charge in [-0.25, -0.2) is 15.1 Å². The van der Waals surface area contributed by atoms with Crippen LogP contribution in [0.4, 0.5) is 0 Å². The van der Waals surface area contributed by atoms with Crippen LogP contribution in [-0.4, -0.2) is 25.2 Å². The second kappa shape index (κ2) is 9.82. The van der Waals surface area contributed by atoms with Gasteiger partial charge in [-0.05, 0) is 17.7 Å². The largest absolute Gasteiger partial charge is 0.468 e. The third kappa shape index (κ3) is 6.69. The first-order valence-electron chi connectivity index (χ1n) is 4.29. The number of hydrogen-bond donors (Lipinski definition) is 2. The number of hydrogen-bond acceptors (Lipinski definition) is 6. The third-order valence-corrected chi connectivity index (χ3v) is 1.50. The molecule has 1 aromatic carbocycles. The summed E-state index contributed by atoms with van der Waals surface area (Å²) in [6.45, 7) is 0.417. The molecule has 0 unspecified atom stereocenters. The quantitative estimate of drug-likeness (QED) is 0.262. The molecule has 0 spiro atoms. The third-order valence-electron chi connectivity index (χ3n) is 1.50. The molecule has 0 aliphatic heterocycles. The zero-order chi connectivity index (χ0) is 12.2. The van der Waals surface area contributed by atoms with Crippen LogP contribution in [-0.2, 0) is 21.0 Å². The van der Waals surface area contributed by atoms with Gasteiger partial charge >= 0.3 is 0 Å². The van der Waals surface area contributed by atoms with Gasteiger partial charge in [0.25, 0.3) is 0 Å². The van der Waals surface area contributed by atoms with E-state index in [1.54, 1.807) is 31.4 Å². The molecule has 0 fully saturated rings.